The summed E-state index contributed by atoms with van der Waals surface area (Å²) in [5.41, 5.74) is 1.85. The van der Waals surface area contributed by atoms with E-state index in [2.05, 4.69) is 15.3 Å². The number of amides is 2. The van der Waals surface area contributed by atoms with Crippen LogP contribution in [0, 0.1) is 20.8 Å². The van der Waals surface area contributed by atoms with Crippen molar-refractivity contribution >= 4 is 11.8 Å². The van der Waals surface area contributed by atoms with Gasteiger partial charge in [-0.1, -0.05) is 10.3 Å². The fraction of sp³-hybridized carbons (Fsp3) is 0.650. The molecule has 9 heteroatoms. The third-order valence-electron chi connectivity index (χ3n) is 5.51. The van der Waals surface area contributed by atoms with Gasteiger partial charge in [0.1, 0.15) is 5.76 Å². The highest BCUT2D eigenvalue weighted by molar-refractivity contribution is 5.77. The summed E-state index contributed by atoms with van der Waals surface area (Å²) >= 11 is 0. The van der Waals surface area contributed by atoms with Crippen molar-refractivity contribution in [2.45, 2.75) is 65.8 Å². The third-order valence-corrected chi connectivity index (χ3v) is 5.51. The second kappa shape index (κ2) is 9.19. The number of likely N-dealkylation sites (tertiary alicyclic amines) is 1. The summed E-state index contributed by atoms with van der Waals surface area (Å²) in [5.74, 6) is 1.98. The molecular weight excluding hydrogens is 374 g/mol. The largest absolute Gasteiger partial charge is 0.361 e. The predicted octanol–water partition coefficient (Wildman–Crippen LogP) is 2.00. The fourth-order valence-corrected chi connectivity index (χ4v) is 3.94. The Hall–Kier alpha value is -2.71. The molecule has 29 heavy (non-hydrogen) atoms. The molecule has 158 valence electrons. The molecule has 0 radical (unpaired) electrons. The zero-order valence-electron chi connectivity index (χ0n) is 17.6. The average molecular weight is 403 g/mol. The molecule has 9 nitrogen and oxygen atoms in total. The normalized spacial score (nSPS) is 16.8. The second-order valence-corrected chi connectivity index (χ2v) is 7.63. The SMILES string of the molecule is CC(=O)N(CCc1noc(C)n1)C1CCCN(C(=O)CCc2c(C)noc2C)C1. The van der Waals surface area contributed by atoms with Crippen molar-refractivity contribution in [2.24, 2.45) is 0 Å². The van der Waals surface area contributed by atoms with Crippen LogP contribution < -0.4 is 0 Å². The van der Waals surface area contributed by atoms with Crippen molar-refractivity contribution in [3.05, 3.63) is 28.7 Å². The van der Waals surface area contributed by atoms with E-state index in [0.717, 1.165) is 36.4 Å². The molecule has 1 atom stereocenters. The summed E-state index contributed by atoms with van der Waals surface area (Å²) in [7, 11) is 0. The van der Waals surface area contributed by atoms with Gasteiger partial charge in [-0.15, -0.1) is 0 Å². The van der Waals surface area contributed by atoms with Crippen LogP contribution in [0.15, 0.2) is 9.05 Å². The number of piperidine rings is 1. The zero-order valence-corrected chi connectivity index (χ0v) is 17.6. The van der Waals surface area contributed by atoms with Gasteiger partial charge in [0.15, 0.2) is 5.82 Å². The number of hydrogen-bond donors (Lipinski definition) is 0. The van der Waals surface area contributed by atoms with Crippen LogP contribution in [0.4, 0.5) is 0 Å². The van der Waals surface area contributed by atoms with Crippen LogP contribution in [0.3, 0.4) is 0 Å². The first kappa shape index (κ1) is 21.0. The number of nitrogens with zero attached hydrogens (tertiary/aromatic N) is 5. The minimum absolute atomic E-state index is 0.000219. The monoisotopic (exact) mass is 403 g/mol. The quantitative estimate of drug-likeness (QED) is 0.696. The van der Waals surface area contributed by atoms with E-state index in [0.29, 0.717) is 44.1 Å². The topological polar surface area (TPSA) is 106 Å². The highest BCUT2D eigenvalue weighted by atomic mass is 16.5. The van der Waals surface area contributed by atoms with Gasteiger partial charge in [0, 0.05) is 57.9 Å². The number of carbonyl (C=O) groups excluding carboxylic acids is 2. The summed E-state index contributed by atoms with van der Waals surface area (Å²) in [6.45, 7) is 8.88. The van der Waals surface area contributed by atoms with Gasteiger partial charge in [0.05, 0.1) is 5.69 Å². The van der Waals surface area contributed by atoms with E-state index in [4.69, 9.17) is 9.05 Å². The molecule has 0 spiro atoms. The van der Waals surface area contributed by atoms with Crippen molar-refractivity contribution in [3.63, 3.8) is 0 Å². The molecular formula is C20H29N5O4. The molecule has 0 aromatic carbocycles. The van der Waals surface area contributed by atoms with E-state index in [1.165, 1.54) is 0 Å². The number of aryl methyl sites for hydroxylation is 3. The lowest BCUT2D eigenvalue weighted by Crippen LogP contribution is -2.51. The van der Waals surface area contributed by atoms with Crippen molar-refractivity contribution in [2.75, 3.05) is 19.6 Å². The Labute approximate surface area is 170 Å². The van der Waals surface area contributed by atoms with Gasteiger partial charge in [-0.25, -0.2) is 0 Å². The van der Waals surface area contributed by atoms with Crippen molar-refractivity contribution in [1.82, 2.24) is 25.1 Å². The van der Waals surface area contributed by atoms with Gasteiger partial charge in [-0.05, 0) is 33.1 Å². The van der Waals surface area contributed by atoms with E-state index in [1.807, 2.05) is 23.6 Å². The molecule has 1 unspecified atom stereocenters. The number of carbonyl (C=O) groups is 2. The highest BCUT2D eigenvalue weighted by Gasteiger charge is 2.29. The van der Waals surface area contributed by atoms with Gasteiger partial charge in [0.2, 0.25) is 17.7 Å². The minimum Gasteiger partial charge on any atom is -0.361 e. The standard InChI is InChI=1S/C20H29N5O4/c1-13-18(14(2)28-22-13)7-8-20(27)24-10-5-6-17(12-24)25(16(4)26)11-9-19-21-15(3)29-23-19/h17H,5-12H2,1-4H3. The van der Waals surface area contributed by atoms with E-state index >= 15 is 0 Å². The Morgan fingerprint density at radius 3 is 2.59 bits per heavy atom. The van der Waals surface area contributed by atoms with Crippen LogP contribution in [0.5, 0.6) is 0 Å². The molecule has 2 aromatic heterocycles. The van der Waals surface area contributed by atoms with E-state index in [1.54, 1.807) is 13.8 Å². The number of rotatable bonds is 7. The van der Waals surface area contributed by atoms with Crippen LogP contribution in [0.2, 0.25) is 0 Å². The second-order valence-electron chi connectivity index (χ2n) is 7.63. The molecule has 3 heterocycles. The Bertz CT molecular complexity index is 839. The molecule has 1 aliphatic rings. The predicted molar refractivity (Wildman–Crippen MR) is 104 cm³/mol. The van der Waals surface area contributed by atoms with Crippen molar-refractivity contribution < 1.29 is 18.6 Å². The van der Waals surface area contributed by atoms with Gasteiger partial charge in [-0.2, -0.15) is 4.98 Å². The molecule has 1 aliphatic heterocycles. The van der Waals surface area contributed by atoms with Crippen LogP contribution in [0.1, 0.15) is 54.9 Å². The van der Waals surface area contributed by atoms with Gasteiger partial charge < -0.3 is 18.8 Å². The molecule has 0 aliphatic carbocycles. The highest BCUT2D eigenvalue weighted by Crippen LogP contribution is 2.20. The summed E-state index contributed by atoms with van der Waals surface area (Å²) in [6.07, 6.45) is 3.34. The first-order valence-corrected chi connectivity index (χ1v) is 10.1. The first-order chi connectivity index (χ1) is 13.8. The number of aromatic nitrogens is 3. The summed E-state index contributed by atoms with van der Waals surface area (Å²) < 4.78 is 10.2. The molecule has 3 rings (SSSR count). The van der Waals surface area contributed by atoms with Crippen LogP contribution in [0.25, 0.3) is 0 Å². The fourth-order valence-electron chi connectivity index (χ4n) is 3.94. The summed E-state index contributed by atoms with van der Waals surface area (Å²) in [6, 6.07) is 0.0114. The molecule has 2 aromatic rings. The molecule has 0 N–H and O–H groups in total. The smallest absolute Gasteiger partial charge is 0.223 e. The first-order valence-electron chi connectivity index (χ1n) is 10.1. The maximum absolute atomic E-state index is 12.8. The van der Waals surface area contributed by atoms with Gasteiger partial charge in [0.25, 0.3) is 0 Å². The van der Waals surface area contributed by atoms with Gasteiger partial charge >= 0.3 is 0 Å². The maximum atomic E-state index is 12.8. The Balaban J connectivity index is 1.57. The molecule has 1 saturated heterocycles. The third kappa shape index (κ3) is 5.21. The number of hydrogen-bond acceptors (Lipinski definition) is 7. The molecule has 0 bridgehead atoms. The average Bonchev–Trinajstić information content (AvgIpc) is 3.25. The molecule has 1 fully saturated rings. The van der Waals surface area contributed by atoms with Crippen LogP contribution in [-0.4, -0.2) is 62.6 Å². The van der Waals surface area contributed by atoms with Crippen LogP contribution in [-0.2, 0) is 22.4 Å². The lowest BCUT2D eigenvalue weighted by molar-refractivity contribution is -0.138. The van der Waals surface area contributed by atoms with Gasteiger partial charge in [-0.3, -0.25) is 9.59 Å². The lowest BCUT2D eigenvalue weighted by atomic mass is 10.0. The Morgan fingerprint density at radius 2 is 1.97 bits per heavy atom. The van der Waals surface area contributed by atoms with E-state index in [9.17, 15) is 9.59 Å². The van der Waals surface area contributed by atoms with E-state index in [-0.39, 0.29) is 17.9 Å². The van der Waals surface area contributed by atoms with Crippen LogP contribution >= 0.6 is 0 Å². The Morgan fingerprint density at radius 1 is 1.17 bits per heavy atom. The molecule has 0 saturated carbocycles. The lowest BCUT2D eigenvalue weighted by Gasteiger charge is -2.39. The zero-order chi connectivity index (χ0) is 21.0. The van der Waals surface area contributed by atoms with Crippen molar-refractivity contribution in [1.29, 1.82) is 0 Å². The minimum atomic E-state index is 0.000219. The van der Waals surface area contributed by atoms with E-state index < -0.39 is 0 Å². The Kier molecular flexibility index (Phi) is 6.66. The summed E-state index contributed by atoms with van der Waals surface area (Å²) in [4.78, 5) is 32.9. The molecule has 2 amide bonds. The maximum Gasteiger partial charge on any atom is 0.223 e. The summed E-state index contributed by atoms with van der Waals surface area (Å²) in [5, 5.41) is 7.84. The van der Waals surface area contributed by atoms with Crippen molar-refractivity contribution in [3.8, 4) is 0 Å².